The first-order chi connectivity index (χ1) is 11.2. The molecule has 3 nitrogen and oxygen atoms in total. The van der Waals surface area contributed by atoms with Gasteiger partial charge in [0.05, 0.1) is 18.6 Å². The molecule has 0 aromatic heterocycles. The van der Waals surface area contributed by atoms with Crippen molar-refractivity contribution in [2.75, 3.05) is 7.11 Å². The zero-order valence-electron chi connectivity index (χ0n) is 15.7. The lowest BCUT2D eigenvalue weighted by molar-refractivity contribution is -0.164. The Bertz CT molecular complexity index is 592. The first-order valence-corrected chi connectivity index (χ1v) is 9.33. The van der Waals surface area contributed by atoms with Crippen LogP contribution in [-0.4, -0.2) is 24.3 Å². The predicted octanol–water partition coefficient (Wildman–Crippen LogP) is 4.41. The van der Waals surface area contributed by atoms with Crippen LogP contribution in [0.25, 0.3) is 0 Å². The molecule has 0 spiro atoms. The molecule has 1 N–H and O–H groups in total. The van der Waals surface area contributed by atoms with Gasteiger partial charge in [-0.25, -0.2) is 0 Å². The van der Waals surface area contributed by atoms with Gasteiger partial charge in [0.25, 0.3) is 0 Å². The molecule has 0 amide bonds. The number of fused-ring (bicyclic) bond motifs is 2. The van der Waals surface area contributed by atoms with E-state index < -0.39 is 11.5 Å². The molecule has 0 unspecified atom stereocenters. The maximum atomic E-state index is 12.6. The van der Waals surface area contributed by atoms with Crippen molar-refractivity contribution in [2.24, 2.45) is 22.2 Å². The molecule has 0 heterocycles. The highest BCUT2D eigenvalue weighted by Crippen LogP contribution is 2.63. The van der Waals surface area contributed by atoms with E-state index in [4.69, 9.17) is 4.74 Å². The number of methoxy groups -OCH3 is 1. The van der Waals surface area contributed by atoms with Gasteiger partial charge in [0.1, 0.15) is 0 Å². The summed E-state index contributed by atoms with van der Waals surface area (Å²) < 4.78 is 5.16. The van der Waals surface area contributed by atoms with E-state index in [-0.39, 0.29) is 22.7 Å². The van der Waals surface area contributed by atoms with E-state index in [2.05, 4.69) is 33.4 Å². The fourth-order valence-corrected chi connectivity index (χ4v) is 5.95. The van der Waals surface area contributed by atoms with Crippen LogP contribution in [0.1, 0.15) is 65.7 Å². The fraction of sp³-hybridized carbons (Fsp3) is 0.762. The van der Waals surface area contributed by atoms with Gasteiger partial charge in [-0.1, -0.05) is 31.9 Å². The van der Waals surface area contributed by atoms with E-state index in [0.29, 0.717) is 6.42 Å². The van der Waals surface area contributed by atoms with Crippen LogP contribution in [0.3, 0.4) is 0 Å². The van der Waals surface area contributed by atoms with Crippen molar-refractivity contribution >= 4 is 5.97 Å². The van der Waals surface area contributed by atoms with Crippen molar-refractivity contribution in [1.82, 2.24) is 0 Å². The molecular weight excluding hydrogens is 300 g/mol. The summed E-state index contributed by atoms with van der Waals surface area (Å²) in [6.45, 7) is 10.6. The number of ether oxygens (including phenoxy) is 1. The second-order valence-corrected chi connectivity index (χ2v) is 9.02. The lowest BCUT2D eigenvalue weighted by atomic mass is 9.47. The molecule has 1 saturated carbocycles. The van der Waals surface area contributed by atoms with Crippen molar-refractivity contribution in [1.29, 1.82) is 0 Å². The van der Waals surface area contributed by atoms with Crippen molar-refractivity contribution < 1.29 is 14.6 Å². The average molecular weight is 332 g/mol. The van der Waals surface area contributed by atoms with Gasteiger partial charge in [-0.15, -0.1) is 6.58 Å². The van der Waals surface area contributed by atoms with Crippen LogP contribution in [0, 0.1) is 22.2 Å². The van der Waals surface area contributed by atoms with E-state index in [9.17, 15) is 9.90 Å². The van der Waals surface area contributed by atoms with E-state index in [1.54, 1.807) is 0 Å². The minimum atomic E-state index is -0.486. The summed E-state index contributed by atoms with van der Waals surface area (Å²) in [7, 11) is 1.49. The number of rotatable bonds is 2. The number of aliphatic hydroxyl groups excluding tert-OH is 1. The van der Waals surface area contributed by atoms with Crippen molar-refractivity contribution in [3.63, 3.8) is 0 Å². The molecule has 0 aliphatic heterocycles. The normalized spacial score (nSPS) is 45.2. The van der Waals surface area contributed by atoms with E-state index in [1.807, 2.05) is 0 Å². The molecule has 1 fully saturated rings. The number of esters is 1. The first-order valence-electron chi connectivity index (χ1n) is 9.33. The van der Waals surface area contributed by atoms with E-state index >= 15 is 0 Å². The van der Waals surface area contributed by atoms with Gasteiger partial charge >= 0.3 is 5.97 Å². The van der Waals surface area contributed by atoms with Crippen LogP contribution in [0.5, 0.6) is 0 Å². The molecule has 3 aliphatic carbocycles. The summed E-state index contributed by atoms with van der Waals surface area (Å²) in [5.74, 6) is 0.0504. The Balaban J connectivity index is 2.06. The highest BCUT2D eigenvalue weighted by molar-refractivity contribution is 5.77. The molecule has 0 saturated heterocycles. The Morgan fingerprint density at radius 3 is 2.62 bits per heavy atom. The number of aliphatic hydroxyl groups is 1. The topological polar surface area (TPSA) is 46.5 Å². The maximum Gasteiger partial charge on any atom is 0.311 e. The van der Waals surface area contributed by atoms with Crippen LogP contribution in [0.4, 0.5) is 0 Å². The Labute approximate surface area is 146 Å². The Hall–Kier alpha value is -1.09. The molecular formula is C21H32O3. The molecule has 134 valence electrons. The van der Waals surface area contributed by atoms with Crippen LogP contribution in [-0.2, 0) is 9.53 Å². The number of carbonyl (C=O) groups is 1. The molecule has 0 radical (unpaired) electrons. The fourth-order valence-electron chi connectivity index (χ4n) is 5.95. The molecule has 24 heavy (non-hydrogen) atoms. The summed E-state index contributed by atoms with van der Waals surface area (Å²) >= 11 is 0. The van der Waals surface area contributed by atoms with Gasteiger partial charge in [-0.3, -0.25) is 4.79 Å². The summed E-state index contributed by atoms with van der Waals surface area (Å²) in [6.07, 6.45) is 8.32. The molecule has 3 rings (SSSR count). The summed E-state index contributed by atoms with van der Waals surface area (Å²) in [6, 6.07) is 0. The third-order valence-electron chi connectivity index (χ3n) is 7.55. The number of carbonyl (C=O) groups excluding carboxylic acids is 1. The highest BCUT2D eigenvalue weighted by Gasteiger charge is 2.58. The predicted molar refractivity (Wildman–Crippen MR) is 95.4 cm³/mol. The zero-order chi connectivity index (χ0) is 17.8. The zero-order valence-corrected chi connectivity index (χ0v) is 15.7. The lowest BCUT2D eigenvalue weighted by Crippen LogP contribution is -2.54. The van der Waals surface area contributed by atoms with Crippen molar-refractivity contribution in [3.05, 3.63) is 23.8 Å². The number of hydrogen-bond donors (Lipinski definition) is 1. The smallest absolute Gasteiger partial charge is 0.311 e. The standard InChI is InChI=1S/C21H32O3/c1-6-19(2)11-8-15-14(13-19)16(22)12-17-20(15,3)9-7-10-21(17,4)18(23)24-5/h6,16-17,22H,1,7-13H2,2-5H3/t16-,17-,19-,20-,21+/m0/s1. The van der Waals surface area contributed by atoms with Crippen LogP contribution in [0.2, 0.25) is 0 Å². The molecule has 0 bridgehead atoms. The Kier molecular flexibility index (Phi) is 4.23. The molecule has 3 heteroatoms. The van der Waals surface area contributed by atoms with Gasteiger partial charge in [-0.2, -0.15) is 0 Å². The maximum absolute atomic E-state index is 12.6. The lowest BCUT2D eigenvalue weighted by Gasteiger charge is -2.57. The van der Waals surface area contributed by atoms with Gasteiger partial charge in [-0.05, 0) is 67.8 Å². The molecule has 5 atom stereocenters. The summed E-state index contributed by atoms with van der Waals surface area (Å²) in [5, 5.41) is 10.9. The summed E-state index contributed by atoms with van der Waals surface area (Å²) in [4.78, 5) is 12.6. The van der Waals surface area contributed by atoms with Crippen LogP contribution in [0.15, 0.2) is 23.8 Å². The second-order valence-electron chi connectivity index (χ2n) is 9.02. The van der Waals surface area contributed by atoms with Gasteiger partial charge < -0.3 is 9.84 Å². The molecule has 3 aliphatic rings. The third kappa shape index (κ3) is 2.39. The van der Waals surface area contributed by atoms with E-state index in [1.165, 1.54) is 18.3 Å². The largest absolute Gasteiger partial charge is 0.469 e. The Morgan fingerprint density at radius 1 is 1.29 bits per heavy atom. The number of hydrogen-bond acceptors (Lipinski definition) is 3. The van der Waals surface area contributed by atoms with Gasteiger partial charge in [0.15, 0.2) is 0 Å². The SMILES string of the molecule is C=C[C@@]1(C)CCC2=C(C1)[C@@H](O)C[C@@H]1[C@](C)(C(=O)OC)CCC[C@@]21C. The van der Waals surface area contributed by atoms with Gasteiger partial charge in [0, 0.05) is 0 Å². The van der Waals surface area contributed by atoms with Crippen LogP contribution < -0.4 is 0 Å². The average Bonchev–Trinajstić information content (AvgIpc) is 2.56. The summed E-state index contributed by atoms with van der Waals surface area (Å²) in [5.41, 5.74) is 2.28. The highest BCUT2D eigenvalue weighted by atomic mass is 16.5. The minimum absolute atomic E-state index is 0.0122. The van der Waals surface area contributed by atoms with E-state index in [0.717, 1.165) is 38.5 Å². The minimum Gasteiger partial charge on any atom is -0.469 e. The molecule has 0 aromatic rings. The van der Waals surface area contributed by atoms with Gasteiger partial charge in [0.2, 0.25) is 0 Å². The second kappa shape index (κ2) is 5.72. The van der Waals surface area contributed by atoms with Crippen molar-refractivity contribution in [2.45, 2.75) is 71.8 Å². The quantitative estimate of drug-likeness (QED) is 0.602. The third-order valence-corrected chi connectivity index (χ3v) is 7.55. The number of allylic oxidation sites excluding steroid dienone is 2. The molecule has 0 aromatic carbocycles. The Morgan fingerprint density at radius 2 is 2.00 bits per heavy atom. The first kappa shape index (κ1) is 17.7. The van der Waals surface area contributed by atoms with Crippen LogP contribution >= 0.6 is 0 Å². The van der Waals surface area contributed by atoms with Crippen molar-refractivity contribution in [3.8, 4) is 0 Å². The monoisotopic (exact) mass is 332 g/mol.